The molecule has 2 atom stereocenters. The van der Waals surface area contributed by atoms with Crippen LogP contribution in [0.15, 0.2) is 24.3 Å². The fourth-order valence-electron chi connectivity index (χ4n) is 3.21. The van der Waals surface area contributed by atoms with Gasteiger partial charge in [-0.25, -0.2) is 4.79 Å². The zero-order chi connectivity index (χ0) is 14.9. The summed E-state index contributed by atoms with van der Waals surface area (Å²) < 4.78 is 16.5. The third-order valence-electron chi connectivity index (χ3n) is 4.60. The lowest BCUT2D eigenvalue weighted by atomic mass is 9.92. The van der Waals surface area contributed by atoms with Gasteiger partial charge >= 0.3 is 5.97 Å². The van der Waals surface area contributed by atoms with E-state index in [0.29, 0.717) is 0 Å². The Labute approximate surface area is 125 Å². The number of hydrogen-bond acceptors (Lipinski definition) is 4. The minimum atomic E-state index is -0.512. The average molecular weight is 290 g/mol. The van der Waals surface area contributed by atoms with Crippen molar-refractivity contribution < 1.29 is 19.0 Å². The fourth-order valence-corrected chi connectivity index (χ4v) is 3.21. The van der Waals surface area contributed by atoms with E-state index in [9.17, 15) is 4.79 Å². The molecule has 1 aliphatic carbocycles. The van der Waals surface area contributed by atoms with Crippen molar-refractivity contribution in [1.29, 1.82) is 0 Å². The molecule has 21 heavy (non-hydrogen) atoms. The highest BCUT2D eigenvalue weighted by Gasteiger charge is 2.61. The van der Waals surface area contributed by atoms with Crippen molar-refractivity contribution in [3.05, 3.63) is 29.8 Å². The van der Waals surface area contributed by atoms with Gasteiger partial charge in [-0.3, -0.25) is 0 Å². The van der Waals surface area contributed by atoms with Gasteiger partial charge in [0.25, 0.3) is 0 Å². The summed E-state index contributed by atoms with van der Waals surface area (Å²) >= 11 is 0. The van der Waals surface area contributed by atoms with E-state index in [4.69, 9.17) is 14.2 Å². The number of ether oxygens (including phenoxy) is 3. The maximum absolute atomic E-state index is 12.3. The second kappa shape index (κ2) is 5.68. The first-order valence-corrected chi connectivity index (χ1v) is 7.72. The van der Waals surface area contributed by atoms with E-state index in [-0.39, 0.29) is 12.1 Å². The summed E-state index contributed by atoms with van der Waals surface area (Å²) in [5.74, 6) is 0.593. The van der Waals surface area contributed by atoms with E-state index in [1.165, 1.54) is 0 Å². The van der Waals surface area contributed by atoms with Gasteiger partial charge in [0, 0.05) is 0 Å². The quantitative estimate of drug-likeness (QED) is 0.617. The summed E-state index contributed by atoms with van der Waals surface area (Å²) in [6, 6.07) is 7.72. The molecule has 4 nitrogen and oxygen atoms in total. The molecule has 1 heterocycles. The van der Waals surface area contributed by atoms with Gasteiger partial charge in [0.2, 0.25) is 0 Å². The highest BCUT2D eigenvalue weighted by Crippen LogP contribution is 2.50. The minimum Gasteiger partial charge on any atom is -0.497 e. The molecule has 2 unspecified atom stereocenters. The molecular weight excluding hydrogens is 268 g/mol. The second-order valence-electron chi connectivity index (χ2n) is 5.81. The van der Waals surface area contributed by atoms with Gasteiger partial charge in [-0.15, -0.1) is 0 Å². The standard InChI is InChI=1S/C17H22O4/c1-3-17(12-8-10-13(19-2)11-9-12)15(21-17)16(18)20-14-6-4-5-7-14/h8-11,14-15H,3-7H2,1-2H3. The van der Waals surface area contributed by atoms with Crippen LogP contribution in [-0.2, 0) is 19.9 Å². The van der Waals surface area contributed by atoms with Crippen LogP contribution in [0.2, 0.25) is 0 Å². The highest BCUT2D eigenvalue weighted by molar-refractivity contribution is 5.80. The Morgan fingerprint density at radius 3 is 2.52 bits per heavy atom. The molecule has 1 saturated heterocycles. The Morgan fingerprint density at radius 2 is 1.95 bits per heavy atom. The lowest BCUT2D eigenvalue weighted by Crippen LogP contribution is -2.24. The van der Waals surface area contributed by atoms with E-state index < -0.39 is 11.7 Å². The summed E-state index contributed by atoms with van der Waals surface area (Å²) in [7, 11) is 1.64. The van der Waals surface area contributed by atoms with Gasteiger partial charge < -0.3 is 14.2 Å². The van der Waals surface area contributed by atoms with Crippen LogP contribution in [0.25, 0.3) is 0 Å². The molecule has 0 amide bonds. The Hall–Kier alpha value is -1.55. The zero-order valence-corrected chi connectivity index (χ0v) is 12.6. The lowest BCUT2D eigenvalue weighted by Gasteiger charge is -2.13. The molecule has 0 aromatic heterocycles. The third-order valence-corrected chi connectivity index (χ3v) is 4.60. The second-order valence-corrected chi connectivity index (χ2v) is 5.81. The maximum Gasteiger partial charge on any atom is 0.339 e. The number of epoxide rings is 1. The normalized spacial score (nSPS) is 28.4. The summed E-state index contributed by atoms with van der Waals surface area (Å²) in [6.45, 7) is 2.03. The first-order valence-electron chi connectivity index (χ1n) is 7.72. The van der Waals surface area contributed by atoms with Gasteiger partial charge in [0.1, 0.15) is 17.5 Å². The molecule has 0 bridgehead atoms. The predicted molar refractivity (Wildman–Crippen MR) is 78.2 cm³/mol. The first kappa shape index (κ1) is 14.4. The van der Waals surface area contributed by atoms with Crippen LogP contribution >= 0.6 is 0 Å². The van der Waals surface area contributed by atoms with Gasteiger partial charge in [-0.2, -0.15) is 0 Å². The minimum absolute atomic E-state index is 0.0899. The molecular formula is C17H22O4. The van der Waals surface area contributed by atoms with Crippen molar-refractivity contribution in [2.45, 2.75) is 56.8 Å². The smallest absolute Gasteiger partial charge is 0.339 e. The van der Waals surface area contributed by atoms with Crippen LogP contribution in [0.3, 0.4) is 0 Å². The molecule has 1 aromatic carbocycles. The highest BCUT2D eigenvalue weighted by atomic mass is 16.7. The first-order chi connectivity index (χ1) is 10.2. The molecule has 114 valence electrons. The van der Waals surface area contributed by atoms with Crippen LogP contribution in [-0.4, -0.2) is 25.3 Å². The van der Waals surface area contributed by atoms with Crippen LogP contribution in [0, 0.1) is 0 Å². The van der Waals surface area contributed by atoms with Gasteiger partial charge in [0.05, 0.1) is 7.11 Å². The van der Waals surface area contributed by atoms with Gasteiger partial charge in [0.15, 0.2) is 6.10 Å². The molecule has 4 heteroatoms. The third kappa shape index (κ3) is 2.64. The largest absolute Gasteiger partial charge is 0.497 e. The molecule has 1 aliphatic heterocycles. The Balaban J connectivity index is 1.69. The molecule has 0 spiro atoms. The molecule has 0 N–H and O–H groups in total. The molecule has 2 aliphatic rings. The van der Waals surface area contributed by atoms with Crippen molar-refractivity contribution in [3.63, 3.8) is 0 Å². The van der Waals surface area contributed by atoms with E-state index in [1.54, 1.807) is 7.11 Å². The number of esters is 1. The summed E-state index contributed by atoms with van der Waals surface area (Å²) in [6.07, 6.45) is 4.66. The summed E-state index contributed by atoms with van der Waals surface area (Å²) in [4.78, 5) is 12.3. The van der Waals surface area contributed by atoms with Crippen molar-refractivity contribution in [1.82, 2.24) is 0 Å². The van der Waals surface area contributed by atoms with E-state index in [2.05, 4.69) is 0 Å². The predicted octanol–water partition coefficient (Wildman–Crippen LogP) is 3.19. The number of methoxy groups -OCH3 is 1. The Bertz CT molecular complexity index is 504. The van der Waals surface area contributed by atoms with E-state index in [1.807, 2.05) is 31.2 Å². The SMILES string of the molecule is CCC1(c2ccc(OC)cc2)OC1C(=O)OC1CCCC1. The molecule has 1 saturated carbocycles. The van der Waals surface area contributed by atoms with E-state index >= 15 is 0 Å². The van der Waals surface area contributed by atoms with Crippen molar-refractivity contribution in [3.8, 4) is 5.75 Å². The number of benzene rings is 1. The fraction of sp³-hybridized carbons (Fsp3) is 0.588. The Kier molecular flexibility index (Phi) is 3.89. The number of rotatable bonds is 5. The maximum atomic E-state index is 12.3. The number of carbonyl (C=O) groups excluding carboxylic acids is 1. The zero-order valence-electron chi connectivity index (χ0n) is 12.6. The van der Waals surface area contributed by atoms with Crippen molar-refractivity contribution in [2.24, 2.45) is 0 Å². The summed E-state index contributed by atoms with van der Waals surface area (Å²) in [5, 5.41) is 0. The number of carbonyl (C=O) groups is 1. The molecule has 2 fully saturated rings. The molecule has 3 rings (SSSR count). The average Bonchev–Trinajstić information content (AvgIpc) is 3.08. The van der Waals surface area contributed by atoms with Gasteiger partial charge in [-0.1, -0.05) is 19.1 Å². The monoisotopic (exact) mass is 290 g/mol. The molecule has 1 aromatic rings. The van der Waals surface area contributed by atoms with Gasteiger partial charge in [-0.05, 0) is 49.8 Å². The molecule has 0 radical (unpaired) electrons. The van der Waals surface area contributed by atoms with Crippen molar-refractivity contribution >= 4 is 5.97 Å². The van der Waals surface area contributed by atoms with Crippen LogP contribution in [0.4, 0.5) is 0 Å². The summed E-state index contributed by atoms with van der Waals surface area (Å²) in [5.41, 5.74) is 0.501. The topological polar surface area (TPSA) is 48.1 Å². The Morgan fingerprint density at radius 1 is 1.29 bits per heavy atom. The van der Waals surface area contributed by atoms with E-state index in [0.717, 1.165) is 43.4 Å². The van der Waals surface area contributed by atoms with Crippen molar-refractivity contribution in [2.75, 3.05) is 7.11 Å². The van der Waals surface area contributed by atoms with Crippen LogP contribution in [0.5, 0.6) is 5.75 Å². The number of hydrogen-bond donors (Lipinski definition) is 0. The van der Waals surface area contributed by atoms with Crippen LogP contribution < -0.4 is 4.74 Å². The lowest BCUT2D eigenvalue weighted by molar-refractivity contribution is -0.150. The van der Waals surface area contributed by atoms with Crippen LogP contribution in [0.1, 0.15) is 44.6 Å².